The highest BCUT2D eigenvalue weighted by molar-refractivity contribution is 5.94. The van der Waals surface area contributed by atoms with Gasteiger partial charge in [-0.2, -0.15) is 0 Å². The molecule has 1 aromatic carbocycles. The molecule has 6 heteroatoms. The third-order valence-corrected chi connectivity index (χ3v) is 7.44. The van der Waals surface area contributed by atoms with E-state index in [2.05, 4.69) is 10.6 Å². The maximum Gasteiger partial charge on any atom is 0.325 e. The van der Waals surface area contributed by atoms with Crippen LogP contribution in [-0.2, 0) is 19.1 Å². The first kappa shape index (κ1) is 21.8. The van der Waals surface area contributed by atoms with Crippen LogP contribution >= 0.6 is 0 Å². The van der Waals surface area contributed by atoms with Crippen molar-refractivity contribution < 1.29 is 19.1 Å². The number of aryl methyl sites for hydroxylation is 3. The zero-order valence-electron chi connectivity index (χ0n) is 18.9. The maximum atomic E-state index is 12.5. The number of anilines is 1. The monoisotopic (exact) mass is 426 g/mol. The van der Waals surface area contributed by atoms with Gasteiger partial charge in [0.05, 0.1) is 0 Å². The van der Waals surface area contributed by atoms with E-state index in [-0.39, 0.29) is 30.4 Å². The molecule has 2 amide bonds. The van der Waals surface area contributed by atoms with Gasteiger partial charge >= 0.3 is 5.97 Å². The molecule has 0 saturated heterocycles. The molecule has 6 nitrogen and oxygen atoms in total. The topological polar surface area (TPSA) is 84.5 Å². The molecule has 31 heavy (non-hydrogen) atoms. The van der Waals surface area contributed by atoms with Gasteiger partial charge in [-0.05, 0) is 93.6 Å². The van der Waals surface area contributed by atoms with E-state index < -0.39 is 5.97 Å². The maximum absolute atomic E-state index is 12.5. The molecule has 0 spiro atoms. The summed E-state index contributed by atoms with van der Waals surface area (Å²) >= 11 is 0. The lowest BCUT2D eigenvalue weighted by Crippen LogP contribution is -2.48. The van der Waals surface area contributed by atoms with Gasteiger partial charge in [-0.3, -0.25) is 14.4 Å². The van der Waals surface area contributed by atoms with Crippen molar-refractivity contribution in [3.05, 3.63) is 28.8 Å². The van der Waals surface area contributed by atoms with Crippen LogP contribution in [0.1, 0.15) is 61.6 Å². The Morgan fingerprint density at radius 1 is 0.935 bits per heavy atom. The van der Waals surface area contributed by atoms with Crippen molar-refractivity contribution in [2.45, 2.75) is 65.7 Å². The molecule has 0 atom stereocenters. The number of nitrogens with one attached hydrogen (secondary N) is 2. The van der Waals surface area contributed by atoms with Gasteiger partial charge in [0.25, 0.3) is 5.91 Å². The van der Waals surface area contributed by atoms with Crippen molar-refractivity contribution in [2.75, 3.05) is 18.5 Å². The van der Waals surface area contributed by atoms with Crippen LogP contribution in [0.15, 0.2) is 12.1 Å². The highest BCUT2D eigenvalue weighted by Gasteiger charge is 2.51. The second-order valence-corrected chi connectivity index (χ2v) is 10.4. The van der Waals surface area contributed by atoms with Crippen molar-refractivity contribution in [1.82, 2.24) is 5.32 Å². The molecular weight excluding hydrogens is 392 g/mol. The summed E-state index contributed by atoms with van der Waals surface area (Å²) in [4.78, 5) is 36.7. The summed E-state index contributed by atoms with van der Waals surface area (Å²) in [6, 6.07) is 3.99. The fourth-order valence-corrected chi connectivity index (χ4v) is 6.83. The van der Waals surface area contributed by atoms with E-state index in [1.54, 1.807) is 0 Å². The quantitative estimate of drug-likeness (QED) is 0.649. The second-order valence-electron chi connectivity index (χ2n) is 10.4. The van der Waals surface area contributed by atoms with Crippen molar-refractivity contribution >= 4 is 23.5 Å². The Morgan fingerprint density at radius 3 is 2.03 bits per heavy atom. The van der Waals surface area contributed by atoms with Crippen LogP contribution in [0.4, 0.5) is 5.69 Å². The van der Waals surface area contributed by atoms with E-state index in [9.17, 15) is 14.4 Å². The predicted molar refractivity (Wildman–Crippen MR) is 118 cm³/mol. The molecule has 0 unspecified atom stereocenters. The number of ether oxygens (including phenoxy) is 1. The van der Waals surface area contributed by atoms with E-state index in [1.165, 1.54) is 19.3 Å². The van der Waals surface area contributed by atoms with E-state index in [0.717, 1.165) is 59.4 Å². The van der Waals surface area contributed by atoms with Crippen LogP contribution in [0.5, 0.6) is 0 Å². The molecule has 2 N–H and O–H groups in total. The molecule has 0 radical (unpaired) electrons. The highest BCUT2D eigenvalue weighted by Crippen LogP contribution is 2.61. The molecule has 4 fully saturated rings. The summed E-state index contributed by atoms with van der Waals surface area (Å²) < 4.78 is 5.06. The van der Waals surface area contributed by atoms with Crippen LogP contribution in [0.2, 0.25) is 0 Å². The van der Waals surface area contributed by atoms with Gasteiger partial charge in [0, 0.05) is 12.1 Å². The van der Waals surface area contributed by atoms with Gasteiger partial charge < -0.3 is 15.4 Å². The minimum atomic E-state index is -0.591. The Bertz CT molecular complexity index is 833. The lowest BCUT2D eigenvalue weighted by atomic mass is 9.49. The Hall–Kier alpha value is -2.37. The van der Waals surface area contributed by atoms with Crippen molar-refractivity contribution in [2.24, 2.45) is 23.2 Å². The third kappa shape index (κ3) is 5.10. The molecule has 4 aliphatic rings. The van der Waals surface area contributed by atoms with Gasteiger partial charge in [-0.15, -0.1) is 0 Å². The molecular formula is C25H34N2O4. The summed E-state index contributed by atoms with van der Waals surface area (Å²) in [5, 5.41) is 5.52. The van der Waals surface area contributed by atoms with Crippen molar-refractivity contribution in [1.29, 1.82) is 0 Å². The first-order chi connectivity index (χ1) is 14.7. The van der Waals surface area contributed by atoms with Gasteiger partial charge in [-0.25, -0.2) is 0 Å². The standard InChI is InChI=1S/C25H34N2O4/c1-15-4-16(2)24(17(3)5-15)27-22(29)14-31-23(30)13-26-21(28)12-25-9-18-6-19(10-25)8-20(7-18)11-25/h4-5,18-20H,6-14H2,1-3H3,(H,26,28)(H,27,29). The largest absolute Gasteiger partial charge is 0.454 e. The number of amides is 2. The van der Waals surface area contributed by atoms with E-state index >= 15 is 0 Å². The van der Waals surface area contributed by atoms with Crippen molar-refractivity contribution in [3.8, 4) is 0 Å². The molecule has 4 aliphatic carbocycles. The number of carbonyl (C=O) groups excluding carboxylic acids is 3. The Morgan fingerprint density at radius 2 is 1.48 bits per heavy atom. The zero-order valence-corrected chi connectivity index (χ0v) is 18.9. The van der Waals surface area contributed by atoms with Gasteiger partial charge in [0.2, 0.25) is 5.91 Å². The van der Waals surface area contributed by atoms with Gasteiger partial charge in [0.15, 0.2) is 6.61 Å². The first-order valence-electron chi connectivity index (χ1n) is 11.5. The fourth-order valence-electron chi connectivity index (χ4n) is 6.83. The van der Waals surface area contributed by atoms with E-state index in [1.807, 2.05) is 32.9 Å². The molecule has 0 aliphatic heterocycles. The van der Waals surface area contributed by atoms with E-state index in [0.29, 0.717) is 6.42 Å². The smallest absolute Gasteiger partial charge is 0.325 e. The molecule has 0 heterocycles. The Kier molecular flexibility index (Phi) is 6.09. The number of rotatable bonds is 7. The molecule has 5 rings (SSSR count). The number of esters is 1. The second kappa shape index (κ2) is 8.64. The van der Waals surface area contributed by atoms with Crippen LogP contribution in [-0.4, -0.2) is 30.9 Å². The molecule has 1 aromatic rings. The SMILES string of the molecule is Cc1cc(C)c(NC(=O)COC(=O)CNC(=O)CC23CC4CC(CC(C4)C2)C3)c(C)c1. The van der Waals surface area contributed by atoms with Gasteiger partial charge in [-0.1, -0.05) is 17.7 Å². The number of hydrogen-bond donors (Lipinski definition) is 2. The molecule has 0 aromatic heterocycles. The average Bonchev–Trinajstić information content (AvgIpc) is 2.66. The normalized spacial score (nSPS) is 28.3. The lowest BCUT2D eigenvalue weighted by Gasteiger charge is -2.56. The highest BCUT2D eigenvalue weighted by atomic mass is 16.5. The average molecular weight is 427 g/mol. The van der Waals surface area contributed by atoms with Crippen LogP contribution < -0.4 is 10.6 Å². The van der Waals surface area contributed by atoms with Crippen LogP contribution in [0.3, 0.4) is 0 Å². The zero-order chi connectivity index (χ0) is 22.2. The van der Waals surface area contributed by atoms with Gasteiger partial charge in [0.1, 0.15) is 6.54 Å². The third-order valence-electron chi connectivity index (χ3n) is 7.44. The van der Waals surface area contributed by atoms with Crippen LogP contribution in [0, 0.1) is 43.9 Å². The minimum absolute atomic E-state index is 0.0748. The summed E-state index contributed by atoms with van der Waals surface area (Å²) in [6.45, 7) is 5.31. The first-order valence-corrected chi connectivity index (χ1v) is 11.5. The Balaban J connectivity index is 1.19. The molecule has 4 saturated carbocycles. The lowest BCUT2D eigenvalue weighted by molar-refractivity contribution is -0.147. The summed E-state index contributed by atoms with van der Waals surface area (Å²) in [5.41, 5.74) is 3.95. The molecule has 4 bridgehead atoms. The number of benzene rings is 1. The molecule has 168 valence electrons. The predicted octanol–water partition coefficient (Wildman–Crippen LogP) is 3.82. The summed E-state index contributed by atoms with van der Waals surface area (Å²) in [7, 11) is 0. The Labute approximate surface area is 184 Å². The van der Waals surface area contributed by atoms with E-state index in [4.69, 9.17) is 4.74 Å². The van der Waals surface area contributed by atoms with Crippen molar-refractivity contribution in [3.63, 3.8) is 0 Å². The number of hydrogen-bond acceptors (Lipinski definition) is 4. The van der Waals surface area contributed by atoms with Crippen LogP contribution in [0.25, 0.3) is 0 Å². The summed E-state index contributed by atoms with van der Waals surface area (Å²) in [6.07, 6.45) is 8.03. The fraction of sp³-hybridized carbons (Fsp3) is 0.640. The number of carbonyl (C=O) groups is 3. The summed E-state index contributed by atoms with van der Waals surface area (Å²) in [5.74, 6) is 1.33. The minimum Gasteiger partial charge on any atom is -0.454 e.